The summed E-state index contributed by atoms with van der Waals surface area (Å²) in [5.74, 6) is 0.120. The van der Waals surface area contributed by atoms with Crippen LogP contribution in [0, 0.1) is 0 Å². The van der Waals surface area contributed by atoms with Gasteiger partial charge in [0.25, 0.3) is 0 Å². The van der Waals surface area contributed by atoms with E-state index in [1.807, 2.05) is 20.8 Å². The average molecular weight is 311 g/mol. The maximum absolute atomic E-state index is 12.1. The molecular formula is C16H29N3O3. The van der Waals surface area contributed by atoms with Gasteiger partial charge in [-0.25, -0.2) is 4.79 Å². The second-order valence-electron chi connectivity index (χ2n) is 7.31. The molecule has 2 N–H and O–H groups in total. The van der Waals surface area contributed by atoms with Gasteiger partial charge >= 0.3 is 6.09 Å². The summed E-state index contributed by atoms with van der Waals surface area (Å²) < 4.78 is 5.41. The van der Waals surface area contributed by atoms with Crippen LogP contribution >= 0.6 is 0 Å². The molecule has 1 saturated carbocycles. The van der Waals surface area contributed by atoms with Crippen LogP contribution in [0.25, 0.3) is 0 Å². The Hall–Kier alpha value is -1.30. The Morgan fingerprint density at radius 3 is 2.55 bits per heavy atom. The number of piperidine rings is 1. The molecular weight excluding hydrogens is 282 g/mol. The lowest BCUT2D eigenvalue weighted by Crippen LogP contribution is -2.49. The van der Waals surface area contributed by atoms with E-state index in [9.17, 15) is 9.59 Å². The van der Waals surface area contributed by atoms with E-state index in [0.29, 0.717) is 25.6 Å². The van der Waals surface area contributed by atoms with Crippen LogP contribution < -0.4 is 10.6 Å². The third kappa shape index (κ3) is 6.22. The third-order valence-corrected chi connectivity index (χ3v) is 3.80. The number of carbonyl (C=O) groups excluding carboxylic acids is 2. The van der Waals surface area contributed by atoms with Crippen LogP contribution in [0.15, 0.2) is 0 Å². The van der Waals surface area contributed by atoms with Crippen LogP contribution in [0.5, 0.6) is 0 Å². The lowest BCUT2D eigenvalue weighted by atomic mass is 10.1. The Balaban J connectivity index is 1.66. The van der Waals surface area contributed by atoms with Gasteiger partial charge in [0.15, 0.2) is 0 Å². The predicted molar refractivity (Wildman–Crippen MR) is 84.6 cm³/mol. The van der Waals surface area contributed by atoms with Crippen LogP contribution in [-0.2, 0) is 9.53 Å². The van der Waals surface area contributed by atoms with Crippen molar-refractivity contribution in [3.8, 4) is 0 Å². The van der Waals surface area contributed by atoms with E-state index < -0.39 is 5.60 Å². The van der Waals surface area contributed by atoms with E-state index in [4.69, 9.17) is 4.74 Å². The number of nitrogens with zero attached hydrogens (tertiary/aromatic N) is 1. The Morgan fingerprint density at radius 2 is 1.91 bits per heavy atom. The Kier molecular flexibility index (Phi) is 5.67. The van der Waals surface area contributed by atoms with Crippen LogP contribution in [0.3, 0.4) is 0 Å². The Morgan fingerprint density at radius 1 is 1.18 bits per heavy atom. The third-order valence-electron chi connectivity index (χ3n) is 3.80. The standard InChI is InChI=1S/C16H29N3O3/c1-16(2,3)22-15(21)19-10-4-5-13(11-19)17-9-8-14(20)18-12-6-7-12/h12-13,17H,4-11H2,1-3H3,(H,18,20). The van der Waals surface area contributed by atoms with E-state index in [-0.39, 0.29) is 18.0 Å². The van der Waals surface area contributed by atoms with Gasteiger partial charge in [0.1, 0.15) is 5.60 Å². The SMILES string of the molecule is CC(C)(C)OC(=O)N1CCCC(NCCC(=O)NC2CC2)C1. The lowest BCUT2D eigenvalue weighted by Gasteiger charge is -2.34. The summed E-state index contributed by atoms with van der Waals surface area (Å²) >= 11 is 0. The van der Waals surface area contributed by atoms with E-state index >= 15 is 0 Å². The summed E-state index contributed by atoms with van der Waals surface area (Å²) in [4.78, 5) is 25.5. The average Bonchev–Trinajstić information content (AvgIpc) is 3.21. The highest BCUT2D eigenvalue weighted by molar-refractivity contribution is 5.76. The molecule has 0 aromatic rings. The molecule has 0 spiro atoms. The highest BCUT2D eigenvalue weighted by atomic mass is 16.6. The van der Waals surface area contributed by atoms with E-state index in [1.165, 1.54) is 0 Å². The number of carbonyl (C=O) groups is 2. The van der Waals surface area contributed by atoms with Crippen molar-refractivity contribution in [3.05, 3.63) is 0 Å². The van der Waals surface area contributed by atoms with Gasteiger partial charge in [-0.05, 0) is 46.5 Å². The quantitative estimate of drug-likeness (QED) is 0.810. The molecule has 1 saturated heterocycles. The zero-order valence-corrected chi connectivity index (χ0v) is 14.0. The largest absolute Gasteiger partial charge is 0.444 e. The second kappa shape index (κ2) is 7.31. The molecule has 6 heteroatoms. The van der Waals surface area contributed by atoms with E-state index in [1.54, 1.807) is 4.90 Å². The molecule has 2 aliphatic rings. The summed E-state index contributed by atoms with van der Waals surface area (Å²) in [6.07, 6.45) is 4.48. The second-order valence-corrected chi connectivity index (χ2v) is 7.31. The monoisotopic (exact) mass is 311 g/mol. The molecule has 126 valence electrons. The lowest BCUT2D eigenvalue weighted by molar-refractivity contribution is -0.121. The minimum atomic E-state index is -0.460. The topological polar surface area (TPSA) is 70.7 Å². The van der Waals surface area contributed by atoms with Crippen molar-refractivity contribution in [2.45, 2.75) is 70.6 Å². The van der Waals surface area contributed by atoms with Crippen LogP contribution in [0.1, 0.15) is 52.9 Å². The molecule has 22 heavy (non-hydrogen) atoms. The molecule has 2 fully saturated rings. The number of likely N-dealkylation sites (tertiary alicyclic amines) is 1. The molecule has 1 heterocycles. The van der Waals surface area contributed by atoms with Crippen molar-refractivity contribution < 1.29 is 14.3 Å². The number of ether oxygens (including phenoxy) is 1. The fourth-order valence-electron chi connectivity index (χ4n) is 2.55. The first-order valence-corrected chi connectivity index (χ1v) is 8.34. The first kappa shape index (κ1) is 17.1. The van der Waals surface area contributed by atoms with Crippen molar-refractivity contribution in [2.75, 3.05) is 19.6 Å². The van der Waals surface area contributed by atoms with Crippen LogP contribution in [0.2, 0.25) is 0 Å². The van der Waals surface area contributed by atoms with Crippen molar-refractivity contribution in [1.29, 1.82) is 0 Å². The molecule has 2 amide bonds. The van der Waals surface area contributed by atoms with Gasteiger partial charge < -0.3 is 20.3 Å². The number of hydrogen-bond donors (Lipinski definition) is 2. The molecule has 2 rings (SSSR count). The summed E-state index contributed by atoms with van der Waals surface area (Å²) in [6.45, 7) is 7.69. The van der Waals surface area contributed by atoms with Crippen molar-refractivity contribution in [2.24, 2.45) is 0 Å². The molecule has 6 nitrogen and oxygen atoms in total. The number of nitrogens with one attached hydrogen (secondary N) is 2. The smallest absolute Gasteiger partial charge is 0.410 e. The van der Waals surface area contributed by atoms with Gasteiger partial charge in [-0.3, -0.25) is 4.79 Å². The van der Waals surface area contributed by atoms with E-state index in [0.717, 1.165) is 32.2 Å². The van der Waals surface area contributed by atoms with Gasteiger partial charge in [0.2, 0.25) is 5.91 Å². The number of hydrogen-bond acceptors (Lipinski definition) is 4. The molecule has 0 aromatic heterocycles. The fourth-order valence-corrected chi connectivity index (χ4v) is 2.55. The van der Waals surface area contributed by atoms with Crippen molar-refractivity contribution in [3.63, 3.8) is 0 Å². The molecule has 0 radical (unpaired) electrons. The van der Waals surface area contributed by atoms with Crippen LogP contribution in [-0.4, -0.2) is 54.2 Å². The first-order chi connectivity index (χ1) is 10.3. The molecule has 0 bridgehead atoms. The van der Waals surface area contributed by atoms with Crippen molar-refractivity contribution in [1.82, 2.24) is 15.5 Å². The molecule has 1 aliphatic carbocycles. The maximum atomic E-state index is 12.1. The van der Waals surface area contributed by atoms with Gasteiger partial charge in [0.05, 0.1) is 0 Å². The summed E-state index contributed by atoms with van der Waals surface area (Å²) in [7, 11) is 0. The summed E-state index contributed by atoms with van der Waals surface area (Å²) in [5, 5.41) is 6.36. The normalized spacial score (nSPS) is 22.3. The first-order valence-electron chi connectivity index (χ1n) is 8.34. The number of rotatable bonds is 5. The zero-order chi connectivity index (χ0) is 16.2. The van der Waals surface area contributed by atoms with E-state index in [2.05, 4.69) is 10.6 Å². The van der Waals surface area contributed by atoms with Gasteiger partial charge in [-0.15, -0.1) is 0 Å². The van der Waals surface area contributed by atoms with Crippen molar-refractivity contribution >= 4 is 12.0 Å². The van der Waals surface area contributed by atoms with Gasteiger partial charge in [-0.1, -0.05) is 0 Å². The highest BCUT2D eigenvalue weighted by Crippen LogP contribution is 2.18. The zero-order valence-electron chi connectivity index (χ0n) is 14.0. The van der Waals surface area contributed by atoms with Crippen LogP contribution in [0.4, 0.5) is 4.79 Å². The molecule has 0 aromatic carbocycles. The summed E-state index contributed by atoms with van der Waals surface area (Å²) in [5.41, 5.74) is -0.460. The molecule has 1 unspecified atom stereocenters. The minimum absolute atomic E-state index is 0.120. The van der Waals surface area contributed by atoms with Gasteiger partial charge in [-0.2, -0.15) is 0 Å². The fraction of sp³-hybridized carbons (Fsp3) is 0.875. The molecule has 1 atom stereocenters. The number of amides is 2. The van der Waals surface area contributed by atoms with Gasteiger partial charge in [0, 0.05) is 38.1 Å². The summed E-state index contributed by atoms with van der Waals surface area (Å²) in [6, 6.07) is 0.667. The Bertz CT molecular complexity index is 402. The maximum Gasteiger partial charge on any atom is 0.410 e. The molecule has 1 aliphatic heterocycles. The highest BCUT2D eigenvalue weighted by Gasteiger charge is 2.27. The minimum Gasteiger partial charge on any atom is -0.444 e. The Labute approximate surface area is 132 Å². The predicted octanol–water partition coefficient (Wildman–Crippen LogP) is 1.64.